The van der Waals surface area contributed by atoms with E-state index in [9.17, 15) is 14.3 Å². The molecule has 1 aromatic carbocycles. The molecule has 170 valence electrons. The zero-order valence-electron chi connectivity index (χ0n) is 18.5. The average molecular weight is 431 g/mol. The molecule has 0 radical (unpaired) electrons. The van der Waals surface area contributed by atoms with E-state index in [4.69, 9.17) is 4.74 Å². The zero-order chi connectivity index (χ0) is 22.1. The molecule has 0 aliphatic heterocycles. The topological polar surface area (TPSA) is 54.7 Å². The molecule has 3 rings (SSSR count). The van der Waals surface area contributed by atoms with Gasteiger partial charge < -0.3 is 14.4 Å². The summed E-state index contributed by atoms with van der Waals surface area (Å²) in [6.07, 6.45) is 8.33. The number of aromatic nitrogens is 1. The van der Waals surface area contributed by atoms with Crippen molar-refractivity contribution in [3.63, 3.8) is 0 Å². The van der Waals surface area contributed by atoms with Gasteiger partial charge in [-0.05, 0) is 49.1 Å². The van der Waals surface area contributed by atoms with Crippen LogP contribution in [-0.4, -0.2) is 45.8 Å². The maximum atomic E-state index is 13.6. The number of nitrogens with zero attached hydrogens (tertiary/aromatic N) is 2. The lowest BCUT2D eigenvalue weighted by molar-refractivity contribution is -0.147. The van der Waals surface area contributed by atoms with Crippen molar-refractivity contribution in [3.05, 3.63) is 59.7 Å². The van der Waals surface area contributed by atoms with Crippen molar-refractivity contribution >= 4 is 5.97 Å². The molecule has 1 atom stereocenters. The summed E-state index contributed by atoms with van der Waals surface area (Å²) < 4.78 is 21.0. The van der Waals surface area contributed by atoms with E-state index < -0.39 is 6.10 Å². The van der Waals surface area contributed by atoms with Crippen LogP contribution in [0.1, 0.15) is 63.1 Å². The van der Waals surface area contributed by atoms with Crippen LogP contribution in [0, 0.1) is 5.82 Å². The van der Waals surface area contributed by atoms with Crippen molar-refractivity contribution in [2.75, 3.05) is 13.2 Å². The summed E-state index contributed by atoms with van der Waals surface area (Å²) in [6.45, 7) is 3.74. The van der Waals surface area contributed by atoms with Crippen molar-refractivity contribution in [2.24, 2.45) is 0 Å². The van der Waals surface area contributed by atoms with E-state index in [2.05, 4.69) is 15.5 Å². The highest BCUT2D eigenvalue weighted by molar-refractivity contribution is 5.69. The summed E-state index contributed by atoms with van der Waals surface area (Å²) in [5.41, 5.74) is 2.05. The third-order valence-corrected chi connectivity index (χ3v) is 5.96. The van der Waals surface area contributed by atoms with Crippen molar-refractivity contribution < 1.29 is 19.0 Å². The molecule has 1 N–H and O–H groups in total. The molecule has 0 unspecified atom stereocenters. The fraction of sp³-hybridized carbons (Fsp3) is 0.560. The lowest BCUT2D eigenvalue weighted by Gasteiger charge is -2.35. The van der Waals surface area contributed by atoms with Gasteiger partial charge in [0.1, 0.15) is 18.5 Å². The monoisotopic (exact) mass is 430 g/mol. The summed E-state index contributed by atoms with van der Waals surface area (Å²) >= 11 is 0. The molecule has 1 aliphatic rings. The van der Waals surface area contributed by atoms with E-state index in [1.54, 1.807) is 12.1 Å². The number of benzene rings is 1. The largest absolute Gasteiger partial charge is 0.463 e. The molecule has 31 heavy (non-hydrogen) atoms. The standard InChI is InChI=1S/C25H35FN2O3/c1-2-8-25(30)31-19-24(29)18-28(22-11-4-3-5-12-22)17-23-13-7-14-27(23)16-20-9-6-10-21(26)15-20/h6-7,9-10,13-15,22,24,29H,2-5,8,11-12,16-19H2,1H3/t24-/m0/s1. The fourth-order valence-electron chi connectivity index (χ4n) is 4.37. The Balaban J connectivity index is 1.66. The number of hydrogen-bond acceptors (Lipinski definition) is 4. The van der Waals surface area contributed by atoms with Crippen LogP contribution in [0.15, 0.2) is 42.6 Å². The predicted octanol–water partition coefficient (Wildman–Crippen LogP) is 4.51. The van der Waals surface area contributed by atoms with Crippen LogP contribution in [0.2, 0.25) is 0 Å². The summed E-state index contributed by atoms with van der Waals surface area (Å²) in [4.78, 5) is 14.0. The van der Waals surface area contributed by atoms with Gasteiger partial charge in [0.15, 0.2) is 0 Å². The number of halogens is 1. The Morgan fingerprint density at radius 1 is 1.26 bits per heavy atom. The number of aliphatic hydroxyl groups is 1. The normalized spacial score (nSPS) is 15.9. The summed E-state index contributed by atoms with van der Waals surface area (Å²) in [5.74, 6) is -0.481. The van der Waals surface area contributed by atoms with Crippen LogP contribution < -0.4 is 0 Å². The molecule has 0 spiro atoms. The van der Waals surface area contributed by atoms with Gasteiger partial charge in [-0.15, -0.1) is 0 Å². The van der Waals surface area contributed by atoms with E-state index >= 15 is 0 Å². The number of rotatable bonds is 11. The minimum Gasteiger partial charge on any atom is -0.463 e. The van der Waals surface area contributed by atoms with Gasteiger partial charge in [-0.2, -0.15) is 0 Å². The van der Waals surface area contributed by atoms with Crippen LogP contribution >= 0.6 is 0 Å². The molecule has 0 bridgehead atoms. The van der Waals surface area contributed by atoms with Crippen LogP contribution in [0.4, 0.5) is 4.39 Å². The second-order valence-corrected chi connectivity index (χ2v) is 8.57. The number of ether oxygens (including phenoxy) is 1. The van der Waals surface area contributed by atoms with E-state index in [1.807, 2.05) is 25.3 Å². The van der Waals surface area contributed by atoms with Crippen molar-refractivity contribution in [1.29, 1.82) is 0 Å². The number of aliphatic hydroxyl groups excluding tert-OH is 1. The lowest BCUT2D eigenvalue weighted by atomic mass is 9.94. The number of hydrogen-bond donors (Lipinski definition) is 1. The summed E-state index contributed by atoms with van der Waals surface area (Å²) in [6, 6.07) is 11.2. The number of carbonyl (C=O) groups is 1. The zero-order valence-corrected chi connectivity index (χ0v) is 18.5. The van der Waals surface area contributed by atoms with Gasteiger partial charge in [-0.3, -0.25) is 9.69 Å². The number of carbonyl (C=O) groups excluding carboxylic acids is 1. The predicted molar refractivity (Wildman–Crippen MR) is 119 cm³/mol. The fourth-order valence-corrected chi connectivity index (χ4v) is 4.37. The van der Waals surface area contributed by atoms with E-state index in [1.165, 1.54) is 25.3 Å². The third kappa shape index (κ3) is 7.47. The smallest absolute Gasteiger partial charge is 0.305 e. The van der Waals surface area contributed by atoms with Crippen LogP contribution in [0.25, 0.3) is 0 Å². The Labute approximate surface area is 184 Å². The van der Waals surface area contributed by atoms with E-state index in [0.29, 0.717) is 32.1 Å². The van der Waals surface area contributed by atoms with Gasteiger partial charge in [-0.1, -0.05) is 38.3 Å². The van der Waals surface area contributed by atoms with Gasteiger partial charge in [0.25, 0.3) is 0 Å². The van der Waals surface area contributed by atoms with Gasteiger partial charge in [-0.25, -0.2) is 4.39 Å². The molecule has 1 aliphatic carbocycles. The maximum absolute atomic E-state index is 13.6. The first-order chi connectivity index (χ1) is 15.0. The molecular formula is C25H35FN2O3. The molecule has 1 heterocycles. The van der Waals surface area contributed by atoms with Crippen molar-refractivity contribution in [3.8, 4) is 0 Å². The molecule has 0 amide bonds. The number of esters is 1. The molecular weight excluding hydrogens is 395 g/mol. The van der Waals surface area contributed by atoms with Crippen molar-refractivity contribution in [1.82, 2.24) is 9.47 Å². The summed E-state index contributed by atoms with van der Waals surface area (Å²) in [7, 11) is 0. The molecule has 5 nitrogen and oxygen atoms in total. The first kappa shape index (κ1) is 23.5. The third-order valence-electron chi connectivity index (χ3n) is 5.96. The Kier molecular flexibility index (Phi) is 9.10. The minimum absolute atomic E-state index is 0.0341. The SMILES string of the molecule is CCCC(=O)OC[C@@H](O)CN(Cc1cccn1Cc1cccc(F)c1)C1CCCCC1. The molecule has 6 heteroatoms. The van der Waals surface area contributed by atoms with Gasteiger partial charge in [0.05, 0.1) is 0 Å². The Hall–Kier alpha value is -2.18. The second-order valence-electron chi connectivity index (χ2n) is 8.57. The minimum atomic E-state index is -0.714. The highest BCUT2D eigenvalue weighted by Crippen LogP contribution is 2.25. The highest BCUT2D eigenvalue weighted by atomic mass is 19.1. The highest BCUT2D eigenvalue weighted by Gasteiger charge is 2.25. The van der Waals surface area contributed by atoms with Gasteiger partial charge in [0.2, 0.25) is 0 Å². The first-order valence-electron chi connectivity index (χ1n) is 11.5. The Morgan fingerprint density at radius 3 is 2.81 bits per heavy atom. The first-order valence-corrected chi connectivity index (χ1v) is 11.5. The van der Waals surface area contributed by atoms with Gasteiger partial charge >= 0.3 is 5.97 Å². The van der Waals surface area contributed by atoms with Crippen LogP contribution in [-0.2, 0) is 22.6 Å². The van der Waals surface area contributed by atoms with Crippen LogP contribution in [0.5, 0.6) is 0 Å². The van der Waals surface area contributed by atoms with E-state index in [-0.39, 0.29) is 18.4 Å². The summed E-state index contributed by atoms with van der Waals surface area (Å²) in [5, 5.41) is 10.6. The Bertz CT molecular complexity index is 817. The second kappa shape index (κ2) is 12.0. The Morgan fingerprint density at radius 2 is 2.06 bits per heavy atom. The molecule has 1 fully saturated rings. The molecule has 2 aromatic rings. The molecule has 1 aromatic heterocycles. The lowest BCUT2D eigenvalue weighted by Crippen LogP contribution is -2.43. The molecule has 1 saturated carbocycles. The molecule has 0 saturated heterocycles. The van der Waals surface area contributed by atoms with Crippen LogP contribution in [0.3, 0.4) is 0 Å². The van der Waals surface area contributed by atoms with Gasteiger partial charge in [0, 0.05) is 44.0 Å². The van der Waals surface area contributed by atoms with E-state index in [0.717, 1.165) is 30.5 Å². The average Bonchev–Trinajstić information content (AvgIpc) is 3.19. The van der Waals surface area contributed by atoms with Crippen molar-refractivity contribution in [2.45, 2.75) is 77.1 Å². The maximum Gasteiger partial charge on any atom is 0.305 e. The quantitative estimate of drug-likeness (QED) is 0.533.